The molecule has 2 rings (SSSR count). The second-order valence-corrected chi connectivity index (χ2v) is 4.30. The maximum Gasteiger partial charge on any atom is 0.260 e. The van der Waals surface area contributed by atoms with Crippen LogP contribution in [0.1, 0.15) is 27.4 Å². The van der Waals surface area contributed by atoms with E-state index in [1.54, 1.807) is 27.0 Å². The molecule has 20 heavy (non-hydrogen) atoms. The predicted molar refractivity (Wildman–Crippen MR) is 71.9 cm³/mol. The van der Waals surface area contributed by atoms with E-state index in [2.05, 4.69) is 15.6 Å². The number of hydrogen-bond acceptors (Lipinski definition) is 5. The summed E-state index contributed by atoms with van der Waals surface area (Å²) in [6, 6.07) is 1.64. The molecule has 0 aliphatic heterocycles. The predicted octanol–water partition coefficient (Wildman–Crippen LogP) is 0.977. The van der Waals surface area contributed by atoms with E-state index in [4.69, 9.17) is 15.4 Å². The molecular weight excluding hydrogens is 262 g/mol. The highest BCUT2D eigenvalue weighted by Crippen LogP contribution is 2.18. The monoisotopic (exact) mass is 277 g/mol. The Morgan fingerprint density at radius 1 is 1.50 bits per heavy atom. The van der Waals surface area contributed by atoms with Crippen LogP contribution in [-0.2, 0) is 7.05 Å². The lowest BCUT2D eigenvalue weighted by molar-refractivity contribution is 0.102. The van der Waals surface area contributed by atoms with Crippen molar-refractivity contribution in [1.82, 2.24) is 9.78 Å². The fraction of sp³-hybridized carbons (Fsp3) is 0.250. The highest BCUT2D eigenvalue weighted by Gasteiger charge is 2.19. The first kappa shape index (κ1) is 13.7. The van der Waals surface area contributed by atoms with E-state index in [9.17, 15) is 4.79 Å². The van der Waals surface area contributed by atoms with Crippen LogP contribution in [0.15, 0.2) is 21.8 Å². The number of nitrogens with zero attached hydrogens (tertiary/aromatic N) is 3. The molecule has 0 radical (unpaired) electrons. The first-order chi connectivity index (χ1) is 9.43. The maximum absolute atomic E-state index is 12.2. The minimum Gasteiger partial charge on any atom is -0.466 e. The number of aromatic nitrogens is 2. The molecule has 106 valence electrons. The first-order valence-corrected chi connectivity index (χ1v) is 5.82. The molecule has 0 aliphatic carbocycles. The van der Waals surface area contributed by atoms with Gasteiger partial charge < -0.3 is 20.7 Å². The van der Waals surface area contributed by atoms with Crippen molar-refractivity contribution >= 4 is 17.6 Å². The Morgan fingerprint density at radius 2 is 2.20 bits per heavy atom. The number of oxime groups is 1. The van der Waals surface area contributed by atoms with Crippen molar-refractivity contribution in [2.45, 2.75) is 13.8 Å². The summed E-state index contributed by atoms with van der Waals surface area (Å²) in [5.74, 6) is 1.02. The number of hydrogen-bond donors (Lipinski definition) is 3. The first-order valence-electron chi connectivity index (χ1n) is 5.82. The third-order valence-corrected chi connectivity index (χ3v) is 2.84. The highest BCUT2D eigenvalue weighted by atomic mass is 16.4. The van der Waals surface area contributed by atoms with E-state index < -0.39 is 0 Å². The number of rotatable bonds is 3. The Morgan fingerprint density at radius 3 is 2.75 bits per heavy atom. The van der Waals surface area contributed by atoms with E-state index in [1.807, 2.05) is 0 Å². The molecule has 8 nitrogen and oxygen atoms in total. The Kier molecular flexibility index (Phi) is 3.47. The van der Waals surface area contributed by atoms with Crippen molar-refractivity contribution < 1.29 is 14.4 Å². The Balaban J connectivity index is 2.33. The number of nitrogens with two attached hydrogens (primary N) is 1. The van der Waals surface area contributed by atoms with Gasteiger partial charge in [0.2, 0.25) is 0 Å². The van der Waals surface area contributed by atoms with Crippen molar-refractivity contribution in [3.8, 4) is 0 Å². The number of amides is 1. The lowest BCUT2D eigenvalue weighted by atomic mass is 10.2. The van der Waals surface area contributed by atoms with Gasteiger partial charge in [0.1, 0.15) is 17.3 Å². The van der Waals surface area contributed by atoms with E-state index >= 15 is 0 Å². The summed E-state index contributed by atoms with van der Waals surface area (Å²) in [6.45, 7) is 3.46. The quantitative estimate of drug-likeness (QED) is 0.334. The van der Waals surface area contributed by atoms with E-state index in [1.165, 1.54) is 10.9 Å². The van der Waals surface area contributed by atoms with Crippen LogP contribution < -0.4 is 11.1 Å². The van der Waals surface area contributed by atoms with Gasteiger partial charge in [-0.05, 0) is 19.9 Å². The second-order valence-electron chi connectivity index (χ2n) is 4.30. The largest absolute Gasteiger partial charge is 0.466 e. The minimum atomic E-state index is -0.352. The normalized spacial score (nSPS) is 11.7. The molecule has 0 bridgehead atoms. The Hall–Kier alpha value is -2.77. The SMILES string of the molecule is Cc1cc(C(=O)Nc2c(C(N)=NO)cnn2C)c(C)o1. The number of carbonyl (C=O) groups is 1. The number of nitrogens with one attached hydrogen (secondary N) is 1. The lowest BCUT2D eigenvalue weighted by Crippen LogP contribution is -2.20. The van der Waals surface area contributed by atoms with Crippen molar-refractivity contribution in [3.05, 3.63) is 34.9 Å². The topological polar surface area (TPSA) is 119 Å². The molecule has 2 aromatic heterocycles. The molecule has 0 spiro atoms. The standard InChI is InChI=1S/C12H15N5O3/c1-6-4-8(7(2)20-6)12(18)15-11-9(10(13)16-19)5-14-17(11)3/h4-5,19H,1-3H3,(H2,13,16)(H,15,18). The van der Waals surface area contributed by atoms with Gasteiger partial charge in [0.05, 0.1) is 17.3 Å². The summed E-state index contributed by atoms with van der Waals surface area (Å²) in [5.41, 5.74) is 6.29. The second kappa shape index (κ2) is 5.08. The Labute approximate surface area is 114 Å². The molecule has 0 atom stereocenters. The van der Waals surface area contributed by atoms with Gasteiger partial charge in [0.15, 0.2) is 5.84 Å². The van der Waals surface area contributed by atoms with Crippen LogP contribution >= 0.6 is 0 Å². The van der Waals surface area contributed by atoms with Crippen LogP contribution in [0.5, 0.6) is 0 Å². The summed E-state index contributed by atoms with van der Waals surface area (Å²) in [5, 5.41) is 18.3. The highest BCUT2D eigenvalue weighted by molar-refractivity contribution is 6.09. The van der Waals surface area contributed by atoms with Gasteiger partial charge in [-0.1, -0.05) is 5.16 Å². The van der Waals surface area contributed by atoms with Crippen molar-refractivity contribution in [1.29, 1.82) is 0 Å². The molecule has 8 heteroatoms. The third kappa shape index (κ3) is 2.35. The van der Waals surface area contributed by atoms with Crippen molar-refractivity contribution in [3.63, 3.8) is 0 Å². The summed E-state index contributed by atoms with van der Waals surface area (Å²) >= 11 is 0. The Bertz CT molecular complexity index is 683. The van der Waals surface area contributed by atoms with Crippen LogP contribution in [-0.4, -0.2) is 26.7 Å². The molecular formula is C12H15N5O3. The zero-order chi connectivity index (χ0) is 14.9. The van der Waals surface area contributed by atoms with Crippen molar-refractivity contribution in [2.24, 2.45) is 17.9 Å². The summed E-state index contributed by atoms with van der Waals surface area (Å²) < 4.78 is 6.74. The van der Waals surface area contributed by atoms with Gasteiger partial charge >= 0.3 is 0 Å². The van der Waals surface area contributed by atoms with E-state index in [0.29, 0.717) is 28.5 Å². The fourth-order valence-corrected chi connectivity index (χ4v) is 1.86. The van der Waals surface area contributed by atoms with Gasteiger partial charge in [-0.3, -0.25) is 9.48 Å². The maximum atomic E-state index is 12.2. The number of furan rings is 1. The molecule has 0 unspecified atom stereocenters. The summed E-state index contributed by atoms with van der Waals surface area (Å²) in [4.78, 5) is 12.2. The van der Waals surface area contributed by atoms with E-state index in [-0.39, 0.29) is 11.7 Å². The van der Waals surface area contributed by atoms with Gasteiger partial charge in [0, 0.05) is 7.05 Å². The molecule has 0 fully saturated rings. The third-order valence-electron chi connectivity index (χ3n) is 2.84. The average molecular weight is 277 g/mol. The number of aryl methyl sites for hydroxylation is 3. The van der Waals surface area contributed by atoms with Crippen LogP contribution in [0.25, 0.3) is 0 Å². The molecule has 0 aliphatic rings. The van der Waals surface area contributed by atoms with Gasteiger partial charge in [-0.15, -0.1) is 0 Å². The molecule has 4 N–H and O–H groups in total. The summed E-state index contributed by atoms with van der Waals surface area (Å²) in [7, 11) is 1.64. The number of carbonyl (C=O) groups excluding carboxylic acids is 1. The average Bonchev–Trinajstić information content (AvgIpc) is 2.92. The minimum absolute atomic E-state index is 0.131. The molecule has 2 aromatic rings. The lowest BCUT2D eigenvalue weighted by Gasteiger charge is -2.07. The number of amidine groups is 1. The molecule has 0 aromatic carbocycles. The molecule has 0 saturated carbocycles. The molecule has 1 amide bonds. The smallest absolute Gasteiger partial charge is 0.260 e. The van der Waals surface area contributed by atoms with Crippen molar-refractivity contribution in [2.75, 3.05) is 5.32 Å². The zero-order valence-electron chi connectivity index (χ0n) is 11.3. The van der Waals surface area contributed by atoms with Gasteiger partial charge in [-0.2, -0.15) is 5.10 Å². The van der Waals surface area contributed by atoms with Crippen LogP contribution in [0.2, 0.25) is 0 Å². The van der Waals surface area contributed by atoms with Gasteiger partial charge in [0.25, 0.3) is 5.91 Å². The fourth-order valence-electron chi connectivity index (χ4n) is 1.86. The van der Waals surface area contributed by atoms with Crippen LogP contribution in [0.3, 0.4) is 0 Å². The molecule has 0 saturated heterocycles. The van der Waals surface area contributed by atoms with Gasteiger partial charge in [-0.25, -0.2) is 0 Å². The molecule has 2 heterocycles. The van der Waals surface area contributed by atoms with Crippen LogP contribution in [0, 0.1) is 13.8 Å². The van der Waals surface area contributed by atoms with Crippen LogP contribution in [0.4, 0.5) is 5.82 Å². The summed E-state index contributed by atoms with van der Waals surface area (Å²) in [6.07, 6.45) is 1.40. The number of anilines is 1. The zero-order valence-corrected chi connectivity index (χ0v) is 11.3. The van der Waals surface area contributed by atoms with E-state index in [0.717, 1.165) is 0 Å².